The van der Waals surface area contributed by atoms with E-state index in [9.17, 15) is 14.4 Å². The molecule has 6 heteroatoms. The van der Waals surface area contributed by atoms with E-state index in [1.165, 1.54) is 6.92 Å². The highest BCUT2D eigenvalue weighted by Crippen LogP contribution is 2.07. The first-order valence-corrected chi connectivity index (χ1v) is 7.11. The van der Waals surface area contributed by atoms with E-state index in [1.54, 1.807) is 0 Å². The maximum atomic E-state index is 11.6. The van der Waals surface area contributed by atoms with Crippen molar-refractivity contribution in [3.8, 4) is 0 Å². The van der Waals surface area contributed by atoms with Crippen molar-refractivity contribution in [2.45, 2.75) is 53.0 Å². The fourth-order valence-electron chi connectivity index (χ4n) is 1.68. The lowest BCUT2D eigenvalue weighted by molar-refractivity contribution is -0.127. The molecule has 1 atom stereocenters. The van der Waals surface area contributed by atoms with Gasteiger partial charge in [-0.3, -0.25) is 14.4 Å². The van der Waals surface area contributed by atoms with Crippen LogP contribution in [0.5, 0.6) is 0 Å². The van der Waals surface area contributed by atoms with Crippen LogP contribution in [0.2, 0.25) is 0 Å². The van der Waals surface area contributed by atoms with Crippen LogP contribution in [0, 0.1) is 5.92 Å². The molecule has 0 aromatic heterocycles. The van der Waals surface area contributed by atoms with Gasteiger partial charge in [-0.2, -0.15) is 0 Å². The standard InChI is InChI=1S/C14H27N3O3/c1-10(2)6-5-7-11(3)17-14(20)9-16-13(19)8-15-12(4)18/h10-11H,5-9H2,1-4H3,(H,15,18)(H,16,19)(H,17,20). The summed E-state index contributed by atoms with van der Waals surface area (Å²) < 4.78 is 0. The summed E-state index contributed by atoms with van der Waals surface area (Å²) in [7, 11) is 0. The van der Waals surface area contributed by atoms with Crippen LogP contribution in [0.1, 0.15) is 47.0 Å². The largest absolute Gasteiger partial charge is 0.352 e. The van der Waals surface area contributed by atoms with Crippen molar-refractivity contribution in [2.24, 2.45) is 5.92 Å². The van der Waals surface area contributed by atoms with E-state index in [-0.39, 0.29) is 36.9 Å². The van der Waals surface area contributed by atoms with Gasteiger partial charge in [0.15, 0.2) is 0 Å². The van der Waals surface area contributed by atoms with Crippen LogP contribution < -0.4 is 16.0 Å². The molecule has 0 bridgehead atoms. The highest BCUT2D eigenvalue weighted by Gasteiger charge is 2.09. The number of rotatable bonds is 9. The number of nitrogens with one attached hydrogen (secondary N) is 3. The number of hydrogen-bond donors (Lipinski definition) is 3. The molecular formula is C14H27N3O3. The predicted octanol–water partition coefficient (Wildman–Crippen LogP) is 0.570. The van der Waals surface area contributed by atoms with Crippen LogP contribution in [0.25, 0.3) is 0 Å². The Morgan fingerprint density at radius 3 is 2.05 bits per heavy atom. The van der Waals surface area contributed by atoms with Crippen molar-refractivity contribution in [3.63, 3.8) is 0 Å². The highest BCUT2D eigenvalue weighted by molar-refractivity contribution is 5.87. The van der Waals surface area contributed by atoms with E-state index in [0.717, 1.165) is 19.3 Å². The van der Waals surface area contributed by atoms with Gasteiger partial charge >= 0.3 is 0 Å². The molecule has 0 spiro atoms. The van der Waals surface area contributed by atoms with Gasteiger partial charge in [0.05, 0.1) is 13.1 Å². The smallest absolute Gasteiger partial charge is 0.239 e. The molecule has 3 amide bonds. The second-order valence-corrected chi connectivity index (χ2v) is 5.48. The zero-order valence-electron chi connectivity index (χ0n) is 12.9. The lowest BCUT2D eigenvalue weighted by Crippen LogP contribution is -2.43. The molecule has 0 aliphatic rings. The Morgan fingerprint density at radius 2 is 1.50 bits per heavy atom. The molecule has 3 N–H and O–H groups in total. The number of carbonyl (C=O) groups is 3. The van der Waals surface area contributed by atoms with E-state index in [2.05, 4.69) is 29.8 Å². The van der Waals surface area contributed by atoms with Crippen molar-refractivity contribution < 1.29 is 14.4 Å². The predicted molar refractivity (Wildman–Crippen MR) is 78.0 cm³/mol. The van der Waals surface area contributed by atoms with Gasteiger partial charge in [-0.05, 0) is 19.3 Å². The summed E-state index contributed by atoms with van der Waals surface area (Å²) in [5, 5.41) is 7.65. The molecule has 0 radical (unpaired) electrons. The topological polar surface area (TPSA) is 87.3 Å². The molecule has 0 aliphatic heterocycles. The Balaban J connectivity index is 3.71. The molecule has 20 heavy (non-hydrogen) atoms. The third kappa shape index (κ3) is 11.5. The van der Waals surface area contributed by atoms with Gasteiger partial charge in [0, 0.05) is 13.0 Å². The molecule has 0 saturated heterocycles. The van der Waals surface area contributed by atoms with E-state index < -0.39 is 0 Å². The third-order valence-electron chi connectivity index (χ3n) is 2.77. The summed E-state index contributed by atoms with van der Waals surface area (Å²) >= 11 is 0. The monoisotopic (exact) mass is 285 g/mol. The van der Waals surface area contributed by atoms with Gasteiger partial charge in [-0.15, -0.1) is 0 Å². The van der Waals surface area contributed by atoms with Gasteiger partial charge in [0.25, 0.3) is 0 Å². The molecule has 0 aliphatic carbocycles. The summed E-state index contributed by atoms with van der Waals surface area (Å²) in [6, 6.07) is 0.105. The first kappa shape index (κ1) is 18.4. The van der Waals surface area contributed by atoms with Crippen LogP contribution in [0.4, 0.5) is 0 Å². The molecule has 116 valence electrons. The van der Waals surface area contributed by atoms with Gasteiger partial charge in [0.1, 0.15) is 0 Å². The SMILES string of the molecule is CC(=O)NCC(=O)NCC(=O)NC(C)CCCC(C)C. The lowest BCUT2D eigenvalue weighted by Gasteiger charge is -2.14. The van der Waals surface area contributed by atoms with Crippen molar-refractivity contribution in [3.05, 3.63) is 0 Å². The van der Waals surface area contributed by atoms with E-state index >= 15 is 0 Å². The third-order valence-corrected chi connectivity index (χ3v) is 2.77. The van der Waals surface area contributed by atoms with Crippen LogP contribution >= 0.6 is 0 Å². The summed E-state index contributed by atoms with van der Waals surface area (Å²) in [5.74, 6) is -0.185. The van der Waals surface area contributed by atoms with Crippen molar-refractivity contribution in [1.29, 1.82) is 0 Å². The van der Waals surface area contributed by atoms with Gasteiger partial charge in [-0.25, -0.2) is 0 Å². The summed E-state index contributed by atoms with van der Waals surface area (Å²) in [6.45, 7) is 7.47. The second kappa shape index (κ2) is 10.2. The number of amides is 3. The van der Waals surface area contributed by atoms with Crippen molar-refractivity contribution in [2.75, 3.05) is 13.1 Å². The van der Waals surface area contributed by atoms with Crippen LogP contribution in [-0.2, 0) is 14.4 Å². The molecule has 0 rings (SSSR count). The quantitative estimate of drug-likeness (QED) is 0.579. The fraction of sp³-hybridized carbons (Fsp3) is 0.786. The molecule has 0 heterocycles. The Morgan fingerprint density at radius 1 is 0.900 bits per heavy atom. The average molecular weight is 285 g/mol. The number of carbonyl (C=O) groups excluding carboxylic acids is 3. The zero-order chi connectivity index (χ0) is 15.5. The molecule has 1 unspecified atom stereocenters. The van der Waals surface area contributed by atoms with E-state index in [4.69, 9.17) is 0 Å². The molecule has 0 fully saturated rings. The molecule has 0 aromatic rings. The molecule has 0 saturated carbocycles. The first-order valence-electron chi connectivity index (χ1n) is 7.11. The summed E-state index contributed by atoms with van der Waals surface area (Å²) in [4.78, 5) is 33.5. The van der Waals surface area contributed by atoms with Crippen molar-refractivity contribution in [1.82, 2.24) is 16.0 Å². The average Bonchev–Trinajstić information content (AvgIpc) is 2.33. The van der Waals surface area contributed by atoms with Crippen molar-refractivity contribution >= 4 is 17.7 Å². The van der Waals surface area contributed by atoms with Gasteiger partial charge < -0.3 is 16.0 Å². The van der Waals surface area contributed by atoms with E-state index in [1.807, 2.05) is 6.92 Å². The maximum Gasteiger partial charge on any atom is 0.239 e. The van der Waals surface area contributed by atoms with Gasteiger partial charge in [0.2, 0.25) is 17.7 Å². The Kier molecular flexibility index (Phi) is 9.41. The maximum absolute atomic E-state index is 11.6. The minimum Gasteiger partial charge on any atom is -0.352 e. The highest BCUT2D eigenvalue weighted by atomic mass is 16.2. The molecule has 6 nitrogen and oxygen atoms in total. The van der Waals surface area contributed by atoms with Gasteiger partial charge in [-0.1, -0.05) is 26.7 Å². The normalized spacial score (nSPS) is 11.8. The number of hydrogen-bond acceptors (Lipinski definition) is 3. The minimum atomic E-state index is -0.372. The fourth-order valence-corrected chi connectivity index (χ4v) is 1.68. The minimum absolute atomic E-state index is 0.0626. The summed E-state index contributed by atoms with van der Waals surface area (Å²) in [6.07, 6.45) is 3.16. The Bertz CT molecular complexity index is 330. The van der Waals surface area contributed by atoms with E-state index in [0.29, 0.717) is 5.92 Å². The second-order valence-electron chi connectivity index (χ2n) is 5.48. The lowest BCUT2D eigenvalue weighted by atomic mass is 10.0. The summed E-state index contributed by atoms with van der Waals surface area (Å²) in [5.41, 5.74) is 0. The van der Waals surface area contributed by atoms with Crippen LogP contribution in [-0.4, -0.2) is 36.9 Å². The Labute approximate surface area is 121 Å². The molecular weight excluding hydrogens is 258 g/mol. The Hall–Kier alpha value is -1.59. The molecule has 0 aromatic carbocycles. The first-order chi connectivity index (χ1) is 9.31. The van der Waals surface area contributed by atoms with Crippen LogP contribution in [0.3, 0.4) is 0 Å². The zero-order valence-corrected chi connectivity index (χ0v) is 12.9. The van der Waals surface area contributed by atoms with Crippen LogP contribution in [0.15, 0.2) is 0 Å².